The summed E-state index contributed by atoms with van der Waals surface area (Å²) in [5, 5.41) is 9.70. The van der Waals surface area contributed by atoms with Gasteiger partial charge in [-0.2, -0.15) is 53.4 Å². The number of fused-ring (bicyclic) bond motifs is 6. The van der Waals surface area contributed by atoms with E-state index in [0.29, 0.717) is 46.6 Å². The molecule has 354 valence electrons. The van der Waals surface area contributed by atoms with Crippen molar-refractivity contribution >= 4 is 89.3 Å². The maximum Gasteiger partial charge on any atom is 0.397 e. The Morgan fingerprint density at radius 1 is 0.576 bits per heavy atom. The van der Waals surface area contributed by atoms with E-state index >= 15 is 0 Å². The van der Waals surface area contributed by atoms with Crippen LogP contribution in [0.5, 0.6) is 0 Å². The number of hydrogen-bond donors (Lipinski definition) is 2. The van der Waals surface area contributed by atoms with Gasteiger partial charge in [-0.1, -0.05) is 84.9 Å². The lowest BCUT2D eigenvalue weighted by molar-refractivity contribution is -0.154. The molecule has 2 aliphatic carbocycles. The smallest absolute Gasteiger partial charge is 0.281 e. The molecule has 0 spiro atoms. The Morgan fingerprint density at radius 3 is 1.27 bits per heavy atom. The van der Waals surface area contributed by atoms with Crippen molar-refractivity contribution in [3.63, 3.8) is 0 Å². The van der Waals surface area contributed by atoms with E-state index in [-0.39, 0.29) is 125 Å². The third kappa shape index (κ3) is 9.96. The van der Waals surface area contributed by atoms with Crippen LogP contribution in [0.3, 0.4) is 0 Å². The van der Waals surface area contributed by atoms with Crippen LogP contribution in [0.15, 0.2) is 56.9 Å². The van der Waals surface area contributed by atoms with Crippen molar-refractivity contribution in [2.45, 2.75) is 110 Å². The van der Waals surface area contributed by atoms with Crippen molar-refractivity contribution < 1.29 is 52.3 Å². The van der Waals surface area contributed by atoms with Crippen molar-refractivity contribution in [3.8, 4) is 32.5 Å². The van der Waals surface area contributed by atoms with Crippen LogP contribution in [0.25, 0.3) is 32.5 Å². The zero-order chi connectivity index (χ0) is 47.7. The van der Waals surface area contributed by atoms with E-state index in [1.54, 1.807) is 0 Å². The molecular weight excluding hydrogens is 1040 g/mol. The van der Waals surface area contributed by atoms with E-state index in [0.717, 1.165) is 22.7 Å². The zero-order valence-corrected chi connectivity index (χ0v) is 40.3. The fourth-order valence-electron chi connectivity index (χ4n) is 8.78. The molecule has 66 heavy (non-hydrogen) atoms. The first-order chi connectivity index (χ1) is 30.9. The molecule has 0 amide bonds. The van der Waals surface area contributed by atoms with Crippen LogP contribution in [-0.4, -0.2) is 57.9 Å². The molecule has 2 aromatic carbocycles. The quantitative estimate of drug-likeness (QED) is 0.0588. The molecule has 0 saturated heterocycles. The highest BCUT2D eigenvalue weighted by Crippen LogP contribution is 2.50. The lowest BCUT2D eigenvalue weighted by Crippen LogP contribution is -2.23. The SMILES string of the molecule is O=S(=O)(O)c1cc2c(s1)-c1c(c(C(CCCCCCCCC(c3nn(-c4ccc(Cl)cc4Cl)c4c3CCc3cc(S(=O)(=O)O)sc3-4)C(F)(F)F)C(F)(F)F)nn1-c1ccc(Cl)cc1Cl)CC2. The lowest BCUT2D eigenvalue weighted by Gasteiger charge is -2.21. The van der Waals surface area contributed by atoms with Crippen LogP contribution in [0.2, 0.25) is 20.1 Å². The fraction of sp³-hybridized carbons (Fsp3) is 0.381. The first-order valence-electron chi connectivity index (χ1n) is 20.4. The van der Waals surface area contributed by atoms with Gasteiger partial charge in [-0.3, -0.25) is 9.11 Å². The summed E-state index contributed by atoms with van der Waals surface area (Å²) in [6.07, 6.45) is -7.67. The third-order valence-corrected chi connectivity index (χ3v) is 17.8. The summed E-state index contributed by atoms with van der Waals surface area (Å²) in [5.41, 5.74) is 2.06. The highest BCUT2D eigenvalue weighted by Gasteiger charge is 2.46. The Labute approximate surface area is 403 Å². The average molecular weight is 1080 g/mol. The molecule has 2 unspecified atom stereocenters. The minimum atomic E-state index is -4.73. The minimum absolute atomic E-state index is 0.0915. The van der Waals surface area contributed by atoms with E-state index < -0.39 is 44.4 Å². The number of unbranched alkanes of at least 4 members (excludes halogenated alkanes) is 5. The van der Waals surface area contributed by atoms with E-state index in [2.05, 4.69) is 10.2 Å². The number of benzene rings is 2. The van der Waals surface area contributed by atoms with E-state index in [1.165, 1.54) is 57.9 Å². The molecule has 0 bridgehead atoms. The number of aryl methyl sites for hydroxylation is 2. The Kier molecular flexibility index (Phi) is 13.9. The maximum atomic E-state index is 15.0. The number of aromatic nitrogens is 4. The minimum Gasteiger partial charge on any atom is -0.281 e. The standard InChI is InChI=1S/C42H36Cl4F6N4O6S4/c43-23-11-15-31(29(45)19-23)55-37-25(13-9-21-17-33(63-39(21)37)65(57,58)59)35(53-55)27(41(47,48)49)7-5-3-1-2-4-6-8-28(42(50,51)52)36-26-14-10-22-18-34(66(60,61)62)64-40(22)38(26)56(54-36)32-16-12-24(44)20-30(32)46/h11-12,15-20,27-28H,1-10,13-14H2,(H,57,58,59)(H,60,61,62). The summed E-state index contributed by atoms with van der Waals surface area (Å²) >= 11 is 26.7. The van der Waals surface area contributed by atoms with Crippen molar-refractivity contribution in [3.05, 3.63) is 102 Å². The molecule has 0 saturated carbocycles. The Hall–Kier alpha value is -3.18. The molecule has 24 heteroatoms. The highest BCUT2D eigenvalue weighted by atomic mass is 35.5. The summed E-state index contributed by atoms with van der Waals surface area (Å²) in [6, 6.07) is 11.4. The highest BCUT2D eigenvalue weighted by molar-refractivity contribution is 7.88. The van der Waals surface area contributed by atoms with E-state index in [9.17, 15) is 52.3 Å². The Balaban J connectivity index is 0.975. The van der Waals surface area contributed by atoms with Crippen LogP contribution < -0.4 is 0 Å². The fourth-order valence-corrected chi connectivity index (χ4v) is 13.7. The molecule has 4 aromatic heterocycles. The average Bonchev–Trinajstić information content (AvgIpc) is 4.00. The second-order valence-corrected chi connectivity index (χ2v) is 23.2. The second-order valence-electron chi connectivity index (χ2n) is 16.1. The van der Waals surface area contributed by atoms with Gasteiger partial charge in [-0.25, -0.2) is 9.36 Å². The molecule has 4 heterocycles. The monoisotopic (exact) mass is 1070 g/mol. The van der Waals surface area contributed by atoms with Gasteiger partial charge in [-0.05, 0) is 98.2 Å². The molecule has 0 fully saturated rings. The summed E-state index contributed by atoms with van der Waals surface area (Å²) in [6.45, 7) is 0. The van der Waals surface area contributed by atoms with Crippen molar-refractivity contribution in [1.82, 2.24) is 19.6 Å². The van der Waals surface area contributed by atoms with Gasteiger partial charge in [0.1, 0.15) is 8.42 Å². The van der Waals surface area contributed by atoms with Crippen molar-refractivity contribution in [2.24, 2.45) is 0 Å². The topological polar surface area (TPSA) is 144 Å². The lowest BCUT2D eigenvalue weighted by atomic mass is 9.87. The Morgan fingerprint density at radius 2 is 0.939 bits per heavy atom. The molecule has 2 atom stereocenters. The molecule has 2 N–H and O–H groups in total. The number of rotatable bonds is 15. The van der Waals surface area contributed by atoms with Crippen LogP contribution in [0, 0.1) is 0 Å². The van der Waals surface area contributed by atoms with Gasteiger partial charge in [0.25, 0.3) is 0 Å². The first kappa shape index (κ1) is 49.2. The van der Waals surface area contributed by atoms with Crippen LogP contribution >= 0.6 is 69.1 Å². The summed E-state index contributed by atoms with van der Waals surface area (Å²) < 4.78 is 159. The van der Waals surface area contributed by atoms with Gasteiger partial charge in [0.2, 0.25) is 0 Å². The van der Waals surface area contributed by atoms with Crippen molar-refractivity contribution in [1.29, 1.82) is 0 Å². The predicted molar refractivity (Wildman–Crippen MR) is 243 cm³/mol. The molecule has 0 aliphatic heterocycles. The van der Waals surface area contributed by atoms with Gasteiger partial charge in [0, 0.05) is 21.2 Å². The van der Waals surface area contributed by atoms with Crippen LogP contribution in [-0.2, 0) is 45.9 Å². The van der Waals surface area contributed by atoms with Gasteiger partial charge >= 0.3 is 32.6 Å². The Bertz CT molecular complexity index is 2870. The third-order valence-electron chi connectivity index (χ3n) is 11.8. The largest absolute Gasteiger partial charge is 0.397 e. The zero-order valence-electron chi connectivity index (χ0n) is 34.0. The molecule has 8 rings (SSSR count). The number of nitrogens with zero attached hydrogens (tertiary/aromatic N) is 4. The maximum absolute atomic E-state index is 15.0. The number of thiophene rings is 2. The van der Waals surface area contributed by atoms with Crippen LogP contribution in [0.4, 0.5) is 26.3 Å². The summed E-state index contributed by atoms with van der Waals surface area (Å²) in [7, 11) is -9.23. The first-order valence-corrected chi connectivity index (χ1v) is 26.4. The van der Waals surface area contributed by atoms with Crippen LogP contribution in [0.1, 0.15) is 96.8 Å². The molecule has 10 nitrogen and oxygen atoms in total. The van der Waals surface area contributed by atoms with Gasteiger partial charge < -0.3 is 0 Å². The predicted octanol–water partition coefficient (Wildman–Crippen LogP) is 13.9. The number of hydrogen-bond acceptors (Lipinski definition) is 8. The van der Waals surface area contributed by atoms with E-state index in [4.69, 9.17) is 46.4 Å². The molecular formula is C42H36Cl4F6N4O6S4. The molecule has 6 aromatic rings. The van der Waals surface area contributed by atoms with Crippen molar-refractivity contribution in [2.75, 3.05) is 0 Å². The molecule has 2 aliphatic rings. The normalized spacial score (nSPS) is 15.0. The van der Waals surface area contributed by atoms with E-state index in [1.807, 2.05) is 0 Å². The second kappa shape index (κ2) is 18.6. The van der Waals surface area contributed by atoms with Gasteiger partial charge in [0.15, 0.2) is 0 Å². The number of alkyl halides is 6. The summed E-state index contributed by atoms with van der Waals surface area (Å²) in [5.74, 6) is -4.01. The number of halogens is 10. The molecule has 0 radical (unpaired) electrons. The van der Waals surface area contributed by atoms with Gasteiger partial charge in [-0.15, -0.1) is 22.7 Å². The van der Waals surface area contributed by atoms with Gasteiger partial charge in [0.05, 0.1) is 65.8 Å². The summed E-state index contributed by atoms with van der Waals surface area (Å²) in [4.78, 5) is 0.680.